The van der Waals surface area contributed by atoms with Gasteiger partial charge >= 0.3 is 5.69 Å². The molecule has 0 unspecified atom stereocenters. The van der Waals surface area contributed by atoms with E-state index in [1.165, 1.54) is 4.57 Å². The van der Waals surface area contributed by atoms with Crippen LogP contribution in [0.15, 0.2) is 10.9 Å². The average molecular weight is 241 g/mol. The van der Waals surface area contributed by atoms with E-state index in [1.54, 1.807) is 13.0 Å². The first kappa shape index (κ1) is 12.0. The fourth-order valence-corrected chi connectivity index (χ4v) is 2.02. The molecule has 1 aliphatic heterocycles. The van der Waals surface area contributed by atoms with Crippen molar-refractivity contribution in [3.8, 4) is 0 Å². The standard InChI is InChI=1S/C10H15N3O4/c1-5-2-8(11)12-10(16)13(5)9-3-6(15)7(4-14)17-9/h2,6-7,9,14-15H,3-4H2,1H3,(H2,11,12,16)/t6-,7-,9-/m0/s1. The Balaban J connectivity index is 2.34. The SMILES string of the molecule is Cc1cc(N)nc(=O)n1[C@@H]1C[C@H](O)[C@H](CO)O1. The predicted octanol–water partition coefficient (Wildman–Crippen LogP) is -1.23. The van der Waals surface area contributed by atoms with Gasteiger partial charge in [-0.05, 0) is 13.0 Å². The highest BCUT2D eigenvalue weighted by Gasteiger charge is 2.35. The van der Waals surface area contributed by atoms with Gasteiger partial charge in [0.1, 0.15) is 18.1 Å². The fraction of sp³-hybridized carbons (Fsp3) is 0.600. The van der Waals surface area contributed by atoms with Gasteiger partial charge in [0.05, 0.1) is 12.7 Å². The van der Waals surface area contributed by atoms with Crippen LogP contribution in [0, 0.1) is 6.92 Å². The number of nitrogens with zero attached hydrogens (tertiary/aromatic N) is 2. The first-order chi connectivity index (χ1) is 8.02. The molecule has 94 valence electrons. The summed E-state index contributed by atoms with van der Waals surface area (Å²) in [7, 11) is 0. The summed E-state index contributed by atoms with van der Waals surface area (Å²) in [6.07, 6.45) is -1.81. The lowest BCUT2D eigenvalue weighted by molar-refractivity contribution is -0.0464. The molecule has 0 saturated carbocycles. The number of hydrogen-bond acceptors (Lipinski definition) is 6. The van der Waals surface area contributed by atoms with E-state index in [0.29, 0.717) is 5.69 Å². The van der Waals surface area contributed by atoms with E-state index >= 15 is 0 Å². The molecule has 1 aliphatic rings. The molecule has 0 amide bonds. The number of hydrogen-bond donors (Lipinski definition) is 3. The summed E-state index contributed by atoms with van der Waals surface area (Å²) in [5, 5.41) is 18.6. The van der Waals surface area contributed by atoms with Crippen LogP contribution in [-0.4, -0.2) is 38.6 Å². The summed E-state index contributed by atoms with van der Waals surface area (Å²) in [4.78, 5) is 15.3. The molecule has 2 heterocycles. The molecule has 1 aromatic rings. The van der Waals surface area contributed by atoms with Crippen LogP contribution in [0.3, 0.4) is 0 Å². The molecule has 0 aromatic carbocycles. The number of nitrogens with two attached hydrogens (primary N) is 1. The van der Waals surface area contributed by atoms with Crippen molar-refractivity contribution in [1.29, 1.82) is 0 Å². The van der Waals surface area contributed by atoms with Crippen molar-refractivity contribution in [3.63, 3.8) is 0 Å². The molecule has 7 nitrogen and oxygen atoms in total. The summed E-state index contributed by atoms with van der Waals surface area (Å²) in [5.74, 6) is 0.154. The highest BCUT2D eigenvalue weighted by molar-refractivity contribution is 5.28. The zero-order valence-electron chi connectivity index (χ0n) is 9.41. The Kier molecular flexibility index (Phi) is 3.14. The Bertz CT molecular complexity index is 473. The summed E-state index contributed by atoms with van der Waals surface area (Å²) >= 11 is 0. The van der Waals surface area contributed by atoms with Crippen LogP contribution >= 0.6 is 0 Å². The van der Waals surface area contributed by atoms with Gasteiger partial charge in [0.2, 0.25) is 0 Å². The Hall–Kier alpha value is -1.44. The van der Waals surface area contributed by atoms with Crippen LogP contribution in [0.2, 0.25) is 0 Å². The number of anilines is 1. The zero-order chi connectivity index (χ0) is 12.6. The maximum Gasteiger partial charge on any atom is 0.351 e. The lowest BCUT2D eigenvalue weighted by Gasteiger charge is -2.16. The quantitative estimate of drug-likeness (QED) is 0.598. The van der Waals surface area contributed by atoms with Crippen molar-refractivity contribution < 1.29 is 14.9 Å². The van der Waals surface area contributed by atoms with Gasteiger partial charge in [-0.1, -0.05) is 0 Å². The first-order valence-electron chi connectivity index (χ1n) is 5.33. The van der Waals surface area contributed by atoms with Crippen LogP contribution < -0.4 is 11.4 Å². The number of ether oxygens (including phenoxy) is 1. The molecule has 0 bridgehead atoms. The largest absolute Gasteiger partial charge is 0.394 e. The minimum Gasteiger partial charge on any atom is -0.394 e. The monoisotopic (exact) mass is 241 g/mol. The third-order valence-electron chi connectivity index (χ3n) is 2.84. The second kappa shape index (κ2) is 4.44. The van der Waals surface area contributed by atoms with Crippen LogP contribution in [0.25, 0.3) is 0 Å². The average Bonchev–Trinajstić information content (AvgIpc) is 2.57. The maximum atomic E-state index is 11.7. The summed E-state index contributed by atoms with van der Waals surface area (Å²) in [6.45, 7) is 1.43. The number of aliphatic hydroxyl groups excluding tert-OH is 2. The molecule has 17 heavy (non-hydrogen) atoms. The van der Waals surface area contributed by atoms with Crippen LogP contribution in [-0.2, 0) is 4.74 Å². The van der Waals surface area contributed by atoms with Gasteiger partial charge in [0, 0.05) is 12.1 Å². The summed E-state index contributed by atoms with van der Waals surface area (Å²) in [5.41, 5.74) is 5.55. The molecule has 1 aromatic heterocycles. The minimum absolute atomic E-state index is 0.154. The van der Waals surface area contributed by atoms with E-state index in [-0.39, 0.29) is 18.8 Å². The van der Waals surface area contributed by atoms with E-state index < -0.39 is 24.1 Å². The van der Waals surface area contributed by atoms with E-state index in [2.05, 4.69) is 4.98 Å². The van der Waals surface area contributed by atoms with Crippen molar-refractivity contribution >= 4 is 5.82 Å². The smallest absolute Gasteiger partial charge is 0.351 e. The Morgan fingerprint density at radius 3 is 2.94 bits per heavy atom. The second-order valence-corrected chi connectivity index (χ2v) is 4.09. The predicted molar refractivity (Wildman–Crippen MR) is 59.3 cm³/mol. The number of aliphatic hydroxyl groups is 2. The lowest BCUT2D eigenvalue weighted by atomic mass is 10.2. The molecule has 2 rings (SSSR count). The topological polar surface area (TPSA) is 111 Å². The zero-order valence-corrected chi connectivity index (χ0v) is 9.41. The van der Waals surface area contributed by atoms with Crippen LogP contribution in [0.5, 0.6) is 0 Å². The van der Waals surface area contributed by atoms with Crippen molar-refractivity contribution in [2.24, 2.45) is 0 Å². The molecule has 0 aliphatic carbocycles. The molecular weight excluding hydrogens is 226 g/mol. The highest BCUT2D eigenvalue weighted by atomic mass is 16.5. The van der Waals surface area contributed by atoms with Gasteiger partial charge in [0.15, 0.2) is 0 Å². The third-order valence-corrected chi connectivity index (χ3v) is 2.84. The first-order valence-corrected chi connectivity index (χ1v) is 5.33. The van der Waals surface area contributed by atoms with Gasteiger partial charge in [0.25, 0.3) is 0 Å². The molecule has 1 fully saturated rings. The maximum absolute atomic E-state index is 11.7. The summed E-state index contributed by atoms with van der Waals surface area (Å²) < 4.78 is 6.72. The lowest BCUT2D eigenvalue weighted by Crippen LogP contribution is -2.30. The number of aromatic nitrogens is 2. The van der Waals surface area contributed by atoms with Gasteiger partial charge < -0.3 is 20.7 Å². The minimum atomic E-state index is -0.783. The van der Waals surface area contributed by atoms with Gasteiger partial charge in [-0.2, -0.15) is 4.98 Å². The molecule has 0 radical (unpaired) electrons. The molecule has 7 heteroatoms. The number of aryl methyl sites for hydroxylation is 1. The molecule has 3 atom stereocenters. The van der Waals surface area contributed by atoms with E-state index in [1.807, 2.05) is 0 Å². The van der Waals surface area contributed by atoms with Crippen LogP contribution in [0.4, 0.5) is 5.82 Å². The Labute approximate surface area is 97.5 Å². The van der Waals surface area contributed by atoms with Gasteiger partial charge in [-0.3, -0.25) is 4.57 Å². The normalized spacial score (nSPS) is 28.5. The van der Waals surface area contributed by atoms with Gasteiger partial charge in [-0.15, -0.1) is 0 Å². The molecule has 1 saturated heterocycles. The van der Waals surface area contributed by atoms with Crippen molar-refractivity contribution in [1.82, 2.24) is 9.55 Å². The Morgan fingerprint density at radius 2 is 2.41 bits per heavy atom. The van der Waals surface area contributed by atoms with Crippen molar-refractivity contribution in [3.05, 3.63) is 22.2 Å². The highest BCUT2D eigenvalue weighted by Crippen LogP contribution is 2.28. The number of rotatable bonds is 2. The van der Waals surface area contributed by atoms with E-state index in [0.717, 1.165) is 0 Å². The molecule has 4 N–H and O–H groups in total. The third kappa shape index (κ3) is 2.17. The van der Waals surface area contributed by atoms with Gasteiger partial charge in [-0.25, -0.2) is 4.79 Å². The summed E-state index contributed by atoms with van der Waals surface area (Å²) in [6, 6.07) is 1.56. The van der Waals surface area contributed by atoms with Crippen LogP contribution in [0.1, 0.15) is 18.3 Å². The Morgan fingerprint density at radius 1 is 1.71 bits per heavy atom. The second-order valence-electron chi connectivity index (χ2n) is 4.09. The van der Waals surface area contributed by atoms with Crippen molar-refractivity contribution in [2.75, 3.05) is 12.3 Å². The number of nitrogen functional groups attached to an aromatic ring is 1. The molecule has 0 spiro atoms. The van der Waals surface area contributed by atoms with E-state index in [4.69, 9.17) is 15.6 Å². The van der Waals surface area contributed by atoms with Crippen molar-refractivity contribution in [2.45, 2.75) is 31.8 Å². The van der Waals surface area contributed by atoms with E-state index in [9.17, 15) is 9.90 Å². The molecular formula is C10H15N3O4. The fourth-order valence-electron chi connectivity index (χ4n) is 2.02.